The van der Waals surface area contributed by atoms with Gasteiger partial charge in [0.1, 0.15) is 11.4 Å². The molecule has 7 heteroatoms. The second-order valence-corrected chi connectivity index (χ2v) is 10.9. The van der Waals surface area contributed by atoms with Crippen LogP contribution in [0, 0.1) is 11.3 Å². The van der Waals surface area contributed by atoms with Crippen LogP contribution in [0.25, 0.3) is 0 Å². The Kier molecular flexibility index (Phi) is 9.99. The molecule has 1 fully saturated rings. The molecular weight excluding hydrogens is 396 g/mol. The van der Waals surface area contributed by atoms with Gasteiger partial charge >= 0.3 is 6.09 Å². The van der Waals surface area contributed by atoms with E-state index in [0.29, 0.717) is 25.2 Å². The predicted octanol–water partition coefficient (Wildman–Crippen LogP) is 4.38. The Morgan fingerprint density at radius 2 is 1.71 bits per heavy atom. The van der Waals surface area contributed by atoms with E-state index in [2.05, 4.69) is 24.5 Å². The molecule has 180 valence electrons. The lowest BCUT2D eigenvalue weighted by atomic mass is 9.66. The number of unbranched alkanes of at least 4 members (excludes halogenated alkanes) is 2. The molecule has 0 bridgehead atoms. The summed E-state index contributed by atoms with van der Waals surface area (Å²) in [4.78, 5) is 36.4. The monoisotopic (exact) mass is 440 g/mol. The SMILES string of the molecule is COC(=O)NC1(C)CC(NC(=O)C(C)(C)OCCCCCC(=O)C(C)C)CC(C)(C)C1. The number of amides is 2. The van der Waals surface area contributed by atoms with Gasteiger partial charge in [-0.3, -0.25) is 9.59 Å². The number of nitrogens with one attached hydrogen (secondary N) is 2. The average molecular weight is 441 g/mol. The quantitative estimate of drug-likeness (QED) is 0.465. The van der Waals surface area contributed by atoms with Crippen LogP contribution in [0.5, 0.6) is 0 Å². The molecule has 2 atom stereocenters. The Bertz CT molecular complexity index is 629. The number of rotatable bonds is 11. The second kappa shape index (κ2) is 11.3. The van der Waals surface area contributed by atoms with Crippen molar-refractivity contribution in [1.82, 2.24) is 10.6 Å². The van der Waals surface area contributed by atoms with Gasteiger partial charge in [-0.2, -0.15) is 0 Å². The van der Waals surface area contributed by atoms with E-state index in [-0.39, 0.29) is 23.3 Å². The van der Waals surface area contributed by atoms with Crippen molar-refractivity contribution in [2.45, 2.75) is 111 Å². The van der Waals surface area contributed by atoms with Crippen molar-refractivity contribution in [2.24, 2.45) is 11.3 Å². The minimum absolute atomic E-state index is 0.0373. The number of ketones is 1. The first-order valence-corrected chi connectivity index (χ1v) is 11.5. The van der Waals surface area contributed by atoms with E-state index in [0.717, 1.165) is 32.1 Å². The zero-order valence-electron chi connectivity index (χ0n) is 20.9. The molecule has 2 N–H and O–H groups in total. The highest BCUT2D eigenvalue weighted by atomic mass is 16.5. The molecule has 0 aromatic rings. The van der Waals surface area contributed by atoms with E-state index in [4.69, 9.17) is 9.47 Å². The van der Waals surface area contributed by atoms with E-state index >= 15 is 0 Å². The summed E-state index contributed by atoms with van der Waals surface area (Å²) in [6.45, 7) is 14.2. The van der Waals surface area contributed by atoms with Crippen LogP contribution >= 0.6 is 0 Å². The minimum atomic E-state index is -0.943. The third-order valence-electron chi connectivity index (χ3n) is 6.01. The summed E-state index contributed by atoms with van der Waals surface area (Å²) in [5.74, 6) is 0.239. The van der Waals surface area contributed by atoms with Crippen LogP contribution in [0.15, 0.2) is 0 Å². The van der Waals surface area contributed by atoms with Gasteiger partial charge in [0.2, 0.25) is 0 Å². The van der Waals surface area contributed by atoms with Crippen molar-refractivity contribution in [1.29, 1.82) is 0 Å². The van der Waals surface area contributed by atoms with Gasteiger partial charge in [-0.05, 0) is 58.3 Å². The fraction of sp³-hybridized carbons (Fsp3) is 0.875. The van der Waals surface area contributed by atoms with Crippen LogP contribution in [-0.2, 0) is 19.1 Å². The van der Waals surface area contributed by atoms with Gasteiger partial charge in [0.05, 0.1) is 7.11 Å². The largest absolute Gasteiger partial charge is 0.453 e. The molecule has 1 saturated carbocycles. The highest BCUT2D eigenvalue weighted by molar-refractivity contribution is 5.84. The predicted molar refractivity (Wildman–Crippen MR) is 122 cm³/mol. The van der Waals surface area contributed by atoms with Crippen LogP contribution in [0.4, 0.5) is 4.79 Å². The van der Waals surface area contributed by atoms with Crippen LogP contribution < -0.4 is 10.6 Å². The summed E-state index contributed by atoms with van der Waals surface area (Å²) in [5, 5.41) is 6.08. The molecule has 0 radical (unpaired) electrons. The molecule has 0 heterocycles. The summed E-state index contributed by atoms with van der Waals surface area (Å²) in [5.41, 5.74) is -1.43. The molecular formula is C24H44N2O5. The normalized spacial score (nSPS) is 23.3. The zero-order valence-corrected chi connectivity index (χ0v) is 20.9. The number of hydrogen-bond acceptors (Lipinski definition) is 5. The number of methoxy groups -OCH3 is 1. The lowest BCUT2D eigenvalue weighted by molar-refractivity contribution is -0.144. The molecule has 7 nitrogen and oxygen atoms in total. The van der Waals surface area contributed by atoms with Crippen LogP contribution in [-0.4, -0.2) is 48.7 Å². The summed E-state index contributed by atoms with van der Waals surface area (Å²) in [7, 11) is 1.36. The standard InChI is InChI=1S/C24H44N2O5/c1-17(2)19(27)12-10-9-11-13-31-23(5,6)20(28)25-18-14-22(3,4)16-24(7,15-18)26-21(29)30-8/h17-18H,9-16H2,1-8H3,(H,25,28)(H,26,29). The maximum Gasteiger partial charge on any atom is 0.407 e. The van der Waals surface area contributed by atoms with E-state index in [1.54, 1.807) is 13.8 Å². The fourth-order valence-corrected chi connectivity index (χ4v) is 4.60. The Labute approximate surface area is 188 Å². The highest BCUT2D eigenvalue weighted by Crippen LogP contribution is 2.41. The zero-order chi connectivity index (χ0) is 23.9. The molecule has 0 aliphatic heterocycles. The van der Waals surface area contributed by atoms with Crippen molar-refractivity contribution in [3.63, 3.8) is 0 Å². The molecule has 0 saturated heterocycles. The number of Topliss-reactive ketones (excluding diaryl/α,β-unsaturated/α-hetero) is 1. The highest BCUT2D eigenvalue weighted by Gasteiger charge is 2.44. The second-order valence-electron chi connectivity index (χ2n) is 10.9. The van der Waals surface area contributed by atoms with E-state index in [1.807, 2.05) is 20.8 Å². The molecule has 1 rings (SSSR count). The van der Waals surface area contributed by atoms with E-state index in [9.17, 15) is 14.4 Å². The molecule has 0 aromatic carbocycles. The third-order valence-corrected chi connectivity index (χ3v) is 6.01. The number of alkyl carbamates (subject to hydrolysis) is 1. The average Bonchev–Trinajstić information content (AvgIpc) is 2.61. The number of carbonyl (C=O) groups is 3. The van der Waals surface area contributed by atoms with Crippen molar-refractivity contribution in [2.75, 3.05) is 13.7 Å². The Morgan fingerprint density at radius 1 is 1.06 bits per heavy atom. The van der Waals surface area contributed by atoms with Gasteiger partial charge in [-0.15, -0.1) is 0 Å². The number of ether oxygens (including phenoxy) is 2. The van der Waals surface area contributed by atoms with Crippen molar-refractivity contribution in [3.05, 3.63) is 0 Å². The van der Waals surface area contributed by atoms with Crippen molar-refractivity contribution >= 4 is 17.8 Å². The first-order chi connectivity index (χ1) is 14.2. The van der Waals surface area contributed by atoms with Crippen molar-refractivity contribution in [3.8, 4) is 0 Å². The molecule has 0 aromatic heterocycles. The molecule has 1 aliphatic rings. The number of carbonyl (C=O) groups excluding carboxylic acids is 3. The summed E-state index contributed by atoms with van der Waals surface area (Å²) in [6, 6.07) is -0.0664. The summed E-state index contributed by atoms with van der Waals surface area (Å²) < 4.78 is 10.7. The number of hydrogen-bond donors (Lipinski definition) is 2. The van der Waals surface area contributed by atoms with Gasteiger partial charge in [-0.1, -0.05) is 34.1 Å². The Balaban J connectivity index is 2.53. The molecule has 2 amide bonds. The maximum atomic E-state index is 12.9. The van der Waals surface area contributed by atoms with Gasteiger partial charge < -0.3 is 20.1 Å². The van der Waals surface area contributed by atoms with Gasteiger partial charge in [-0.25, -0.2) is 4.79 Å². The Hall–Kier alpha value is -1.63. The molecule has 2 unspecified atom stereocenters. The van der Waals surface area contributed by atoms with Crippen LogP contribution in [0.2, 0.25) is 0 Å². The van der Waals surface area contributed by atoms with Crippen molar-refractivity contribution < 1.29 is 23.9 Å². The summed E-state index contributed by atoms with van der Waals surface area (Å²) >= 11 is 0. The summed E-state index contributed by atoms with van der Waals surface area (Å²) in [6.07, 6.45) is 5.01. The Morgan fingerprint density at radius 3 is 2.29 bits per heavy atom. The van der Waals surface area contributed by atoms with Gasteiger partial charge in [0.15, 0.2) is 0 Å². The van der Waals surface area contributed by atoms with Gasteiger partial charge in [0, 0.05) is 30.5 Å². The maximum absolute atomic E-state index is 12.9. The first kappa shape index (κ1) is 27.4. The van der Waals surface area contributed by atoms with E-state index < -0.39 is 17.2 Å². The molecule has 0 spiro atoms. The van der Waals surface area contributed by atoms with E-state index in [1.165, 1.54) is 7.11 Å². The molecule has 1 aliphatic carbocycles. The minimum Gasteiger partial charge on any atom is -0.453 e. The topological polar surface area (TPSA) is 93.7 Å². The third kappa shape index (κ3) is 9.58. The van der Waals surface area contributed by atoms with Crippen LogP contribution in [0.3, 0.4) is 0 Å². The lowest BCUT2D eigenvalue weighted by Gasteiger charge is -2.47. The van der Waals surface area contributed by atoms with Crippen LogP contribution in [0.1, 0.15) is 93.4 Å². The first-order valence-electron chi connectivity index (χ1n) is 11.5. The lowest BCUT2D eigenvalue weighted by Crippen LogP contribution is -2.59. The fourth-order valence-electron chi connectivity index (χ4n) is 4.60. The molecule has 31 heavy (non-hydrogen) atoms. The smallest absolute Gasteiger partial charge is 0.407 e. The van der Waals surface area contributed by atoms with Gasteiger partial charge in [0.25, 0.3) is 5.91 Å².